The van der Waals surface area contributed by atoms with E-state index in [0.717, 1.165) is 37.9 Å². The summed E-state index contributed by atoms with van der Waals surface area (Å²) in [6.07, 6.45) is 3.77. The molecule has 0 radical (unpaired) electrons. The Labute approximate surface area is 179 Å². The highest BCUT2D eigenvalue weighted by Gasteiger charge is 2.35. The standard InChI is InChI=1S/C22H29N3O2S2/c1-17-7-6-8-18(2)25(17)29(26,27)21-13-11-20(12-14-21)24-22(28)23-16-15-19-9-4-3-5-10-19/h3-5,9-14,17-18H,6-8,15-16H2,1-2H3,(H2,23,24,28)/t17-,18-/m1/s1. The summed E-state index contributed by atoms with van der Waals surface area (Å²) in [6, 6.07) is 17.1. The average molecular weight is 432 g/mol. The van der Waals surface area contributed by atoms with Gasteiger partial charge in [-0.2, -0.15) is 4.31 Å². The van der Waals surface area contributed by atoms with Crippen LogP contribution in [0.15, 0.2) is 59.5 Å². The molecule has 1 saturated heterocycles. The third-order valence-corrected chi connectivity index (χ3v) is 7.73. The SMILES string of the molecule is C[C@@H]1CCC[C@@H](C)N1S(=O)(=O)c1ccc(NC(=S)NCCc2ccccc2)cc1. The maximum atomic E-state index is 13.1. The van der Waals surface area contributed by atoms with Gasteiger partial charge < -0.3 is 10.6 Å². The number of hydrogen-bond acceptors (Lipinski definition) is 3. The van der Waals surface area contributed by atoms with Crippen molar-refractivity contribution in [3.8, 4) is 0 Å². The second-order valence-corrected chi connectivity index (χ2v) is 9.86. The first-order valence-electron chi connectivity index (χ1n) is 10.1. The van der Waals surface area contributed by atoms with Crippen molar-refractivity contribution in [2.45, 2.75) is 56.5 Å². The Morgan fingerprint density at radius 1 is 1.03 bits per heavy atom. The molecule has 1 aliphatic rings. The summed E-state index contributed by atoms with van der Waals surface area (Å²) in [7, 11) is -3.49. The molecule has 156 valence electrons. The third-order valence-electron chi connectivity index (χ3n) is 5.34. The molecule has 0 unspecified atom stereocenters. The van der Waals surface area contributed by atoms with E-state index in [9.17, 15) is 8.42 Å². The van der Waals surface area contributed by atoms with Crippen LogP contribution in [-0.4, -0.2) is 36.5 Å². The summed E-state index contributed by atoms with van der Waals surface area (Å²) in [5.41, 5.74) is 2.01. The number of rotatable bonds is 6. The lowest BCUT2D eigenvalue weighted by molar-refractivity contribution is 0.204. The highest BCUT2D eigenvalue weighted by Crippen LogP contribution is 2.29. The van der Waals surface area contributed by atoms with Crippen molar-refractivity contribution in [3.63, 3.8) is 0 Å². The molecule has 0 aliphatic carbocycles. The molecule has 0 amide bonds. The van der Waals surface area contributed by atoms with Crippen LogP contribution in [0, 0.1) is 0 Å². The fourth-order valence-electron chi connectivity index (χ4n) is 3.84. The quantitative estimate of drug-likeness (QED) is 0.673. The van der Waals surface area contributed by atoms with Crippen LogP contribution in [0.3, 0.4) is 0 Å². The predicted molar refractivity (Wildman–Crippen MR) is 123 cm³/mol. The first kappa shape index (κ1) is 21.7. The monoisotopic (exact) mass is 431 g/mol. The van der Waals surface area contributed by atoms with Crippen molar-refractivity contribution >= 4 is 33.0 Å². The molecule has 0 aromatic heterocycles. The first-order chi connectivity index (χ1) is 13.9. The van der Waals surface area contributed by atoms with E-state index in [0.29, 0.717) is 10.0 Å². The maximum absolute atomic E-state index is 13.1. The number of anilines is 1. The molecule has 2 N–H and O–H groups in total. The molecule has 5 nitrogen and oxygen atoms in total. The molecule has 1 fully saturated rings. The minimum absolute atomic E-state index is 0.0305. The Balaban J connectivity index is 1.57. The summed E-state index contributed by atoms with van der Waals surface area (Å²) in [5.74, 6) is 0. The van der Waals surface area contributed by atoms with Crippen LogP contribution in [0.1, 0.15) is 38.7 Å². The number of sulfonamides is 1. The number of thiocarbonyl (C=S) groups is 1. The van der Waals surface area contributed by atoms with Crippen LogP contribution in [-0.2, 0) is 16.4 Å². The molecule has 2 aromatic rings. The van der Waals surface area contributed by atoms with Gasteiger partial charge in [-0.15, -0.1) is 0 Å². The van der Waals surface area contributed by atoms with Crippen molar-refractivity contribution in [2.24, 2.45) is 0 Å². The first-order valence-corrected chi connectivity index (χ1v) is 11.9. The molecular formula is C22H29N3O2S2. The van der Waals surface area contributed by atoms with Gasteiger partial charge in [0, 0.05) is 24.3 Å². The zero-order valence-electron chi connectivity index (χ0n) is 17.0. The van der Waals surface area contributed by atoms with Gasteiger partial charge in [-0.1, -0.05) is 36.8 Å². The predicted octanol–water partition coefficient (Wildman–Crippen LogP) is 4.17. The van der Waals surface area contributed by atoms with E-state index < -0.39 is 10.0 Å². The van der Waals surface area contributed by atoms with E-state index in [1.54, 1.807) is 28.6 Å². The number of benzene rings is 2. The molecule has 0 saturated carbocycles. The summed E-state index contributed by atoms with van der Waals surface area (Å²) < 4.78 is 27.8. The highest BCUT2D eigenvalue weighted by molar-refractivity contribution is 7.89. The topological polar surface area (TPSA) is 61.4 Å². The minimum atomic E-state index is -3.49. The van der Waals surface area contributed by atoms with Gasteiger partial charge in [-0.05, 0) is 75.2 Å². The van der Waals surface area contributed by atoms with Crippen LogP contribution in [0.5, 0.6) is 0 Å². The molecule has 1 heterocycles. The minimum Gasteiger partial charge on any atom is -0.362 e. The Morgan fingerprint density at radius 3 is 2.28 bits per heavy atom. The average Bonchev–Trinajstić information content (AvgIpc) is 2.69. The lowest BCUT2D eigenvalue weighted by Crippen LogP contribution is -2.47. The molecule has 0 spiro atoms. The van der Waals surface area contributed by atoms with E-state index >= 15 is 0 Å². The van der Waals surface area contributed by atoms with Crippen LogP contribution < -0.4 is 10.6 Å². The molecular weight excluding hydrogens is 402 g/mol. The normalized spacial score (nSPS) is 20.2. The summed E-state index contributed by atoms with van der Waals surface area (Å²) in [5, 5.41) is 6.82. The van der Waals surface area contributed by atoms with E-state index in [2.05, 4.69) is 22.8 Å². The van der Waals surface area contributed by atoms with Crippen molar-refractivity contribution in [1.82, 2.24) is 9.62 Å². The van der Waals surface area contributed by atoms with Gasteiger partial charge in [0.05, 0.1) is 4.90 Å². The zero-order valence-corrected chi connectivity index (χ0v) is 18.6. The van der Waals surface area contributed by atoms with Crippen LogP contribution >= 0.6 is 12.2 Å². The van der Waals surface area contributed by atoms with Crippen LogP contribution in [0.25, 0.3) is 0 Å². The van der Waals surface area contributed by atoms with Crippen molar-refractivity contribution in [1.29, 1.82) is 0 Å². The van der Waals surface area contributed by atoms with Gasteiger partial charge in [0.15, 0.2) is 5.11 Å². The second-order valence-electron chi connectivity index (χ2n) is 7.60. The van der Waals surface area contributed by atoms with E-state index in [1.165, 1.54) is 5.56 Å². The number of piperidine rings is 1. The zero-order chi connectivity index (χ0) is 20.9. The van der Waals surface area contributed by atoms with Gasteiger partial charge in [0.25, 0.3) is 0 Å². The highest BCUT2D eigenvalue weighted by atomic mass is 32.2. The molecule has 2 atom stereocenters. The van der Waals surface area contributed by atoms with E-state index in [-0.39, 0.29) is 12.1 Å². The molecule has 7 heteroatoms. The maximum Gasteiger partial charge on any atom is 0.243 e. The molecule has 29 heavy (non-hydrogen) atoms. The lowest BCUT2D eigenvalue weighted by Gasteiger charge is -2.37. The molecule has 3 rings (SSSR count). The Morgan fingerprint density at radius 2 is 1.66 bits per heavy atom. The summed E-state index contributed by atoms with van der Waals surface area (Å²) in [4.78, 5) is 0.326. The number of nitrogens with one attached hydrogen (secondary N) is 2. The van der Waals surface area contributed by atoms with Gasteiger partial charge >= 0.3 is 0 Å². The van der Waals surface area contributed by atoms with Crippen molar-refractivity contribution < 1.29 is 8.42 Å². The van der Waals surface area contributed by atoms with Gasteiger partial charge in [-0.25, -0.2) is 8.42 Å². The summed E-state index contributed by atoms with van der Waals surface area (Å²) >= 11 is 5.34. The van der Waals surface area contributed by atoms with Crippen LogP contribution in [0.2, 0.25) is 0 Å². The van der Waals surface area contributed by atoms with Crippen molar-refractivity contribution in [2.75, 3.05) is 11.9 Å². The number of nitrogens with zero attached hydrogens (tertiary/aromatic N) is 1. The molecule has 1 aliphatic heterocycles. The third kappa shape index (κ3) is 5.56. The number of hydrogen-bond donors (Lipinski definition) is 2. The Bertz CT molecular complexity index is 905. The smallest absolute Gasteiger partial charge is 0.243 e. The van der Waals surface area contributed by atoms with Gasteiger partial charge in [0.2, 0.25) is 10.0 Å². The van der Waals surface area contributed by atoms with Gasteiger partial charge in [-0.3, -0.25) is 0 Å². The van der Waals surface area contributed by atoms with E-state index in [1.807, 2.05) is 32.0 Å². The Hall–Kier alpha value is -1.96. The fourth-order valence-corrected chi connectivity index (χ4v) is 5.95. The Kier molecular flexibility index (Phi) is 7.27. The van der Waals surface area contributed by atoms with Gasteiger partial charge in [0.1, 0.15) is 0 Å². The summed E-state index contributed by atoms with van der Waals surface area (Å²) in [6.45, 7) is 4.71. The fraction of sp³-hybridized carbons (Fsp3) is 0.409. The largest absolute Gasteiger partial charge is 0.362 e. The lowest BCUT2D eigenvalue weighted by atomic mass is 10.0. The van der Waals surface area contributed by atoms with Crippen molar-refractivity contribution in [3.05, 3.63) is 60.2 Å². The van der Waals surface area contributed by atoms with Crippen LogP contribution in [0.4, 0.5) is 5.69 Å². The molecule has 0 bridgehead atoms. The van der Waals surface area contributed by atoms with E-state index in [4.69, 9.17) is 12.2 Å². The second kappa shape index (κ2) is 9.69. The molecule has 2 aromatic carbocycles.